The predicted octanol–water partition coefficient (Wildman–Crippen LogP) is 6.76. The molecular formula is C29H29NO2S. The minimum Gasteiger partial charge on any atom is -0.493 e. The van der Waals surface area contributed by atoms with Crippen molar-refractivity contribution in [1.82, 2.24) is 4.90 Å². The second kappa shape index (κ2) is 11.1. The van der Waals surface area contributed by atoms with Crippen LogP contribution in [0.3, 0.4) is 0 Å². The van der Waals surface area contributed by atoms with E-state index >= 15 is 0 Å². The van der Waals surface area contributed by atoms with Crippen molar-refractivity contribution >= 4 is 38.5 Å². The molecule has 0 amide bonds. The van der Waals surface area contributed by atoms with Gasteiger partial charge in [0.25, 0.3) is 0 Å². The van der Waals surface area contributed by atoms with E-state index in [1.165, 1.54) is 40.5 Å². The first-order valence-electron chi connectivity index (χ1n) is 11.4. The maximum atomic E-state index is 11.1. The Morgan fingerprint density at radius 1 is 0.970 bits per heavy atom. The fraction of sp³-hybridized carbons (Fsp3) is 0.276. The van der Waals surface area contributed by atoms with Gasteiger partial charge in [0.15, 0.2) is 6.29 Å². The Hall–Kier alpha value is -3.13. The molecule has 0 N–H and O–H groups in total. The SMILES string of the molecule is C#C.O=Cc1cc2c(OCCCN3CCC(c4ccc5ccccc5c4)CC3)cccc2s1. The van der Waals surface area contributed by atoms with E-state index in [0.29, 0.717) is 12.5 Å². The number of terminal acetylenes is 1. The van der Waals surface area contributed by atoms with Crippen LogP contribution in [0.4, 0.5) is 0 Å². The quantitative estimate of drug-likeness (QED) is 0.175. The van der Waals surface area contributed by atoms with Gasteiger partial charge in [-0.25, -0.2) is 0 Å². The third-order valence-corrected chi connectivity index (χ3v) is 7.39. The van der Waals surface area contributed by atoms with Crippen LogP contribution in [0.2, 0.25) is 0 Å². The monoisotopic (exact) mass is 455 g/mol. The first-order chi connectivity index (χ1) is 16.3. The van der Waals surface area contributed by atoms with Crippen LogP contribution in [0.1, 0.15) is 40.4 Å². The first-order valence-corrected chi connectivity index (χ1v) is 12.3. The molecule has 1 saturated heterocycles. The van der Waals surface area contributed by atoms with Gasteiger partial charge in [-0.05, 0) is 72.8 Å². The van der Waals surface area contributed by atoms with Crippen molar-refractivity contribution in [2.24, 2.45) is 0 Å². The lowest BCUT2D eigenvalue weighted by Crippen LogP contribution is -2.34. The second-order valence-corrected chi connectivity index (χ2v) is 9.47. The summed E-state index contributed by atoms with van der Waals surface area (Å²) < 4.78 is 7.17. The summed E-state index contributed by atoms with van der Waals surface area (Å²) in [6.07, 6.45) is 12.4. The molecule has 33 heavy (non-hydrogen) atoms. The van der Waals surface area contributed by atoms with Gasteiger partial charge < -0.3 is 9.64 Å². The van der Waals surface area contributed by atoms with Crippen molar-refractivity contribution in [1.29, 1.82) is 0 Å². The zero-order chi connectivity index (χ0) is 23.0. The zero-order valence-corrected chi connectivity index (χ0v) is 19.6. The van der Waals surface area contributed by atoms with Crippen LogP contribution in [-0.2, 0) is 0 Å². The van der Waals surface area contributed by atoms with Crippen LogP contribution < -0.4 is 4.74 Å². The summed E-state index contributed by atoms with van der Waals surface area (Å²) in [5.74, 6) is 1.55. The summed E-state index contributed by atoms with van der Waals surface area (Å²) in [6.45, 7) is 4.08. The molecule has 1 aliphatic heterocycles. The number of thiophene rings is 1. The number of hydrogen-bond donors (Lipinski definition) is 0. The molecule has 0 unspecified atom stereocenters. The molecule has 0 bridgehead atoms. The maximum absolute atomic E-state index is 11.1. The fourth-order valence-electron chi connectivity index (χ4n) is 4.66. The van der Waals surface area contributed by atoms with Gasteiger partial charge in [-0.15, -0.1) is 24.2 Å². The van der Waals surface area contributed by atoms with Gasteiger partial charge in [-0.1, -0.05) is 48.5 Å². The minimum absolute atomic E-state index is 0.667. The largest absolute Gasteiger partial charge is 0.493 e. The molecule has 0 saturated carbocycles. The molecule has 0 atom stereocenters. The van der Waals surface area contributed by atoms with E-state index in [9.17, 15) is 4.79 Å². The van der Waals surface area contributed by atoms with Crippen molar-refractivity contribution in [3.63, 3.8) is 0 Å². The number of benzene rings is 3. The van der Waals surface area contributed by atoms with Crippen LogP contribution in [-0.4, -0.2) is 37.4 Å². The van der Waals surface area contributed by atoms with Crippen molar-refractivity contribution in [2.45, 2.75) is 25.2 Å². The molecule has 1 aliphatic rings. The molecular weight excluding hydrogens is 426 g/mol. The molecule has 4 heteroatoms. The van der Waals surface area contributed by atoms with E-state index < -0.39 is 0 Å². The van der Waals surface area contributed by atoms with Crippen molar-refractivity contribution in [3.8, 4) is 18.6 Å². The lowest BCUT2D eigenvalue weighted by molar-refractivity contribution is 0.112. The predicted molar refractivity (Wildman–Crippen MR) is 140 cm³/mol. The summed E-state index contributed by atoms with van der Waals surface area (Å²) in [6, 6.07) is 23.6. The van der Waals surface area contributed by atoms with Crippen molar-refractivity contribution in [3.05, 3.63) is 77.2 Å². The third kappa shape index (κ3) is 5.45. The summed E-state index contributed by atoms with van der Waals surface area (Å²) in [4.78, 5) is 14.4. The normalized spacial score (nSPS) is 14.6. The van der Waals surface area contributed by atoms with Crippen LogP contribution in [0.5, 0.6) is 5.75 Å². The van der Waals surface area contributed by atoms with Crippen molar-refractivity contribution < 1.29 is 9.53 Å². The second-order valence-electron chi connectivity index (χ2n) is 8.36. The highest BCUT2D eigenvalue weighted by Crippen LogP contribution is 2.33. The number of likely N-dealkylation sites (tertiary alicyclic amines) is 1. The Bertz CT molecular complexity index is 1230. The number of hydrogen-bond acceptors (Lipinski definition) is 4. The molecule has 1 aromatic heterocycles. The maximum Gasteiger partial charge on any atom is 0.160 e. The molecule has 1 fully saturated rings. The number of carbonyl (C=O) groups excluding carboxylic acids is 1. The lowest BCUT2D eigenvalue weighted by Gasteiger charge is -2.32. The molecule has 3 nitrogen and oxygen atoms in total. The summed E-state index contributed by atoms with van der Waals surface area (Å²) >= 11 is 1.52. The number of piperidine rings is 1. The van der Waals surface area contributed by atoms with Gasteiger partial charge in [0, 0.05) is 16.6 Å². The van der Waals surface area contributed by atoms with E-state index in [-0.39, 0.29) is 0 Å². The molecule has 168 valence electrons. The smallest absolute Gasteiger partial charge is 0.160 e. The van der Waals surface area contributed by atoms with Gasteiger partial charge in [0.2, 0.25) is 0 Å². The Labute approximate surface area is 200 Å². The van der Waals surface area contributed by atoms with Crippen LogP contribution >= 0.6 is 11.3 Å². The van der Waals surface area contributed by atoms with Gasteiger partial charge in [-0.2, -0.15) is 0 Å². The van der Waals surface area contributed by atoms with E-state index in [0.717, 1.165) is 53.1 Å². The highest BCUT2D eigenvalue weighted by Gasteiger charge is 2.20. The Morgan fingerprint density at radius 2 is 1.76 bits per heavy atom. The highest BCUT2D eigenvalue weighted by atomic mass is 32.1. The number of carbonyl (C=O) groups is 1. The van der Waals surface area contributed by atoms with Crippen LogP contribution in [0.15, 0.2) is 66.7 Å². The van der Waals surface area contributed by atoms with Crippen LogP contribution in [0.25, 0.3) is 20.9 Å². The van der Waals surface area contributed by atoms with E-state index in [4.69, 9.17) is 4.74 Å². The summed E-state index contributed by atoms with van der Waals surface area (Å²) in [5, 5.41) is 3.72. The Kier molecular flexibility index (Phi) is 7.78. The summed E-state index contributed by atoms with van der Waals surface area (Å²) in [7, 11) is 0. The van der Waals surface area contributed by atoms with Crippen molar-refractivity contribution in [2.75, 3.05) is 26.2 Å². The Morgan fingerprint density at radius 3 is 2.55 bits per heavy atom. The molecule has 0 aliphatic carbocycles. The summed E-state index contributed by atoms with van der Waals surface area (Å²) in [5.41, 5.74) is 1.49. The van der Waals surface area contributed by atoms with E-state index in [1.54, 1.807) is 0 Å². The molecule has 2 heterocycles. The topological polar surface area (TPSA) is 29.5 Å². The first kappa shape index (κ1) is 23.0. The molecule has 0 radical (unpaired) electrons. The number of ether oxygens (including phenoxy) is 1. The van der Waals surface area contributed by atoms with Gasteiger partial charge in [0.1, 0.15) is 5.75 Å². The third-order valence-electron chi connectivity index (χ3n) is 6.37. The number of fused-ring (bicyclic) bond motifs is 2. The number of aldehydes is 1. The molecule has 3 aromatic carbocycles. The Balaban J connectivity index is 0.00000126. The standard InChI is InChI=1S/C27H27NO2S.C2H2/c29-19-24-18-25-26(7-3-8-27(25)31-24)30-16-4-13-28-14-11-21(12-15-28)23-10-9-20-5-1-2-6-22(20)17-23;1-2/h1-3,5-10,17-19,21H,4,11-16H2;1-2H. The van der Waals surface area contributed by atoms with E-state index in [2.05, 4.69) is 60.2 Å². The molecule has 4 aromatic rings. The van der Waals surface area contributed by atoms with Gasteiger partial charge >= 0.3 is 0 Å². The zero-order valence-electron chi connectivity index (χ0n) is 18.8. The molecule has 0 spiro atoms. The van der Waals surface area contributed by atoms with Crippen LogP contribution in [0, 0.1) is 12.8 Å². The number of nitrogens with zero attached hydrogens (tertiary/aromatic N) is 1. The molecule has 5 rings (SSSR count). The average molecular weight is 456 g/mol. The average Bonchev–Trinajstić information content (AvgIpc) is 3.32. The van der Waals surface area contributed by atoms with E-state index in [1.807, 2.05) is 24.3 Å². The lowest BCUT2D eigenvalue weighted by atomic mass is 9.88. The fourth-order valence-corrected chi connectivity index (χ4v) is 5.55. The number of rotatable bonds is 7. The van der Waals surface area contributed by atoms with Gasteiger partial charge in [0.05, 0.1) is 11.5 Å². The minimum atomic E-state index is 0.667. The highest BCUT2D eigenvalue weighted by molar-refractivity contribution is 7.20. The van der Waals surface area contributed by atoms with Gasteiger partial charge in [-0.3, -0.25) is 4.79 Å².